The fraction of sp³-hybridized carbons (Fsp3) is 0.455. The summed E-state index contributed by atoms with van der Waals surface area (Å²) in [4.78, 5) is 0. The van der Waals surface area contributed by atoms with Crippen molar-refractivity contribution < 1.29 is 0 Å². The van der Waals surface area contributed by atoms with Crippen LogP contribution in [0.1, 0.15) is 63.8 Å². The Labute approximate surface area is 138 Å². The highest BCUT2D eigenvalue weighted by atomic mass is 14.2. The third-order valence-corrected chi connectivity index (χ3v) is 3.48. The van der Waals surface area contributed by atoms with E-state index in [1.807, 2.05) is 41.5 Å². The zero-order valence-corrected chi connectivity index (χ0v) is 15.9. The summed E-state index contributed by atoms with van der Waals surface area (Å²) in [5, 5.41) is 0. The van der Waals surface area contributed by atoms with Gasteiger partial charge in [-0.05, 0) is 48.9 Å². The van der Waals surface area contributed by atoms with E-state index in [1.54, 1.807) is 0 Å². The molecule has 3 rings (SSSR count). The van der Waals surface area contributed by atoms with Gasteiger partial charge in [-0.15, -0.1) is 0 Å². The molecule has 22 heavy (non-hydrogen) atoms. The Morgan fingerprint density at radius 1 is 0.545 bits per heavy atom. The van der Waals surface area contributed by atoms with Crippen molar-refractivity contribution in [1.82, 2.24) is 0 Å². The summed E-state index contributed by atoms with van der Waals surface area (Å²) in [7, 11) is 0. The smallest absolute Gasteiger partial charge is 0.0149 e. The average molecular weight is 299 g/mol. The lowest BCUT2D eigenvalue weighted by atomic mass is 9.84. The maximum Gasteiger partial charge on any atom is -0.0149 e. The van der Waals surface area contributed by atoms with Crippen molar-refractivity contribution in [2.75, 3.05) is 0 Å². The van der Waals surface area contributed by atoms with E-state index >= 15 is 0 Å². The molecule has 122 valence electrons. The van der Waals surface area contributed by atoms with Crippen LogP contribution in [-0.4, -0.2) is 0 Å². The topological polar surface area (TPSA) is 0 Å². The Bertz CT molecular complexity index is 498. The Hall–Kier alpha value is -1.56. The van der Waals surface area contributed by atoms with E-state index < -0.39 is 0 Å². The van der Waals surface area contributed by atoms with Crippen LogP contribution in [0.3, 0.4) is 0 Å². The number of fused-ring (bicyclic) bond motifs is 3. The van der Waals surface area contributed by atoms with Gasteiger partial charge in [-0.1, -0.05) is 89.1 Å². The first-order valence-corrected chi connectivity index (χ1v) is 8.93. The molecule has 0 unspecified atom stereocenters. The number of benzene rings is 2. The molecule has 0 saturated heterocycles. The van der Waals surface area contributed by atoms with Crippen molar-refractivity contribution in [1.29, 1.82) is 0 Å². The van der Waals surface area contributed by atoms with Gasteiger partial charge in [-0.25, -0.2) is 0 Å². The van der Waals surface area contributed by atoms with Crippen molar-refractivity contribution in [3.05, 3.63) is 58.7 Å². The minimum Gasteiger partial charge on any atom is -0.0683 e. The van der Waals surface area contributed by atoms with Crippen molar-refractivity contribution in [3.63, 3.8) is 0 Å². The van der Waals surface area contributed by atoms with Gasteiger partial charge in [0.1, 0.15) is 0 Å². The molecule has 2 aromatic carbocycles. The highest BCUT2D eigenvalue weighted by molar-refractivity contribution is 5.73. The molecule has 0 fully saturated rings. The highest BCUT2D eigenvalue weighted by Crippen LogP contribution is 2.34. The van der Waals surface area contributed by atoms with Gasteiger partial charge in [0.15, 0.2) is 0 Å². The number of rotatable bonds is 0. The van der Waals surface area contributed by atoms with Gasteiger partial charge in [0.2, 0.25) is 0 Å². The summed E-state index contributed by atoms with van der Waals surface area (Å²) in [6, 6.07) is 13.6. The van der Waals surface area contributed by atoms with E-state index in [1.165, 1.54) is 46.2 Å². The molecule has 2 aromatic rings. The number of hydrogen-bond acceptors (Lipinski definition) is 0. The van der Waals surface area contributed by atoms with Crippen LogP contribution in [0.2, 0.25) is 0 Å². The van der Waals surface area contributed by atoms with Crippen LogP contribution in [0, 0.1) is 13.8 Å². The van der Waals surface area contributed by atoms with Gasteiger partial charge in [0, 0.05) is 0 Å². The lowest BCUT2D eigenvalue weighted by Crippen LogP contribution is -2.04. The average Bonchev–Trinajstić information content (AvgIpc) is 2.59. The van der Waals surface area contributed by atoms with Crippen LogP contribution < -0.4 is 0 Å². The normalized spacial score (nSPS) is 10.4. The van der Waals surface area contributed by atoms with E-state index in [-0.39, 0.29) is 0 Å². The van der Waals surface area contributed by atoms with E-state index in [0.717, 1.165) is 0 Å². The van der Waals surface area contributed by atoms with E-state index in [0.29, 0.717) is 0 Å². The summed E-state index contributed by atoms with van der Waals surface area (Å²) < 4.78 is 0. The first-order valence-electron chi connectivity index (χ1n) is 8.93. The molecule has 0 heteroatoms. The first kappa shape index (κ1) is 20.4. The van der Waals surface area contributed by atoms with Crippen LogP contribution in [0.5, 0.6) is 0 Å². The maximum atomic E-state index is 2.33. The summed E-state index contributed by atoms with van der Waals surface area (Å²) >= 11 is 0. The molecule has 0 saturated carbocycles. The maximum absolute atomic E-state index is 2.33. The zero-order chi connectivity index (χ0) is 17.1. The second-order valence-electron chi connectivity index (χ2n) is 4.82. The minimum absolute atomic E-state index is 1.19. The van der Waals surface area contributed by atoms with Crippen molar-refractivity contribution in [3.8, 4) is 11.1 Å². The summed E-state index contributed by atoms with van der Waals surface area (Å²) in [5.41, 5.74) is 8.63. The Balaban J connectivity index is 0.000000661. The Kier molecular flexibility index (Phi) is 10.3. The fourth-order valence-corrected chi connectivity index (χ4v) is 2.65. The predicted octanol–water partition coefficient (Wildman–Crippen LogP) is 7.15. The third-order valence-electron chi connectivity index (χ3n) is 3.48. The lowest BCUT2D eigenvalue weighted by Gasteiger charge is -2.20. The molecular formula is C22H34. The van der Waals surface area contributed by atoms with Crippen molar-refractivity contribution in [2.45, 2.75) is 68.2 Å². The van der Waals surface area contributed by atoms with Crippen LogP contribution in [0.4, 0.5) is 0 Å². The van der Waals surface area contributed by atoms with Gasteiger partial charge in [0.25, 0.3) is 0 Å². The quantitative estimate of drug-likeness (QED) is 0.484. The molecule has 0 radical (unpaired) electrons. The standard InChI is InChI=1S/C16H16.3C2H6/c1-11-3-7-15-13(9-11)5-6-14-10-12(2)4-8-16(14)15;3*1-2/h3-4,7-10H,5-6H2,1-2H3;3*1-2H3. The molecule has 0 spiro atoms. The zero-order valence-electron chi connectivity index (χ0n) is 15.9. The molecule has 1 aliphatic rings. The van der Waals surface area contributed by atoms with Crippen LogP contribution >= 0.6 is 0 Å². The molecular weight excluding hydrogens is 264 g/mol. The second kappa shape index (κ2) is 11.1. The van der Waals surface area contributed by atoms with E-state index in [4.69, 9.17) is 0 Å². The Morgan fingerprint density at radius 2 is 0.864 bits per heavy atom. The van der Waals surface area contributed by atoms with Crippen LogP contribution in [0.15, 0.2) is 36.4 Å². The number of hydrogen-bond donors (Lipinski definition) is 0. The molecule has 0 N–H and O–H groups in total. The van der Waals surface area contributed by atoms with Crippen molar-refractivity contribution in [2.24, 2.45) is 0 Å². The molecule has 0 atom stereocenters. The molecule has 0 aromatic heterocycles. The van der Waals surface area contributed by atoms with Gasteiger partial charge in [-0.2, -0.15) is 0 Å². The molecule has 0 heterocycles. The van der Waals surface area contributed by atoms with Gasteiger partial charge in [-0.3, -0.25) is 0 Å². The molecule has 0 amide bonds. The molecule has 0 aliphatic heterocycles. The van der Waals surface area contributed by atoms with E-state index in [2.05, 4.69) is 50.2 Å². The van der Waals surface area contributed by atoms with Gasteiger partial charge in [0.05, 0.1) is 0 Å². The van der Waals surface area contributed by atoms with E-state index in [9.17, 15) is 0 Å². The molecule has 0 nitrogen and oxygen atoms in total. The van der Waals surface area contributed by atoms with Gasteiger partial charge < -0.3 is 0 Å². The van der Waals surface area contributed by atoms with Crippen LogP contribution in [0.25, 0.3) is 11.1 Å². The summed E-state index contributed by atoms with van der Waals surface area (Å²) in [6.45, 7) is 16.3. The van der Waals surface area contributed by atoms with Crippen LogP contribution in [-0.2, 0) is 12.8 Å². The largest absolute Gasteiger partial charge is 0.0683 e. The highest BCUT2D eigenvalue weighted by Gasteiger charge is 2.15. The third kappa shape index (κ3) is 5.02. The SMILES string of the molecule is CC.CC.CC.Cc1ccc2c(c1)CCc1cc(C)ccc1-2. The lowest BCUT2D eigenvalue weighted by molar-refractivity contribution is 0.937. The predicted molar refractivity (Wildman–Crippen MR) is 103 cm³/mol. The molecule has 1 aliphatic carbocycles. The minimum atomic E-state index is 1.19. The number of aryl methyl sites for hydroxylation is 4. The molecule has 0 bridgehead atoms. The second-order valence-corrected chi connectivity index (χ2v) is 4.82. The Morgan fingerprint density at radius 3 is 1.18 bits per heavy atom. The summed E-state index contributed by atoms with van der Waals surface area (Å²) in [6.07, 6.45) is 2.38. The van der Waals surface area contributed by atoms with Crippen molar-refractivity contribution >= 4 is 0 Å². The monoisotopic (exact) mass is 298 g/mol. The summed E-state index contributed by atoms with van der Waals surface area (Å²) in [5.74, 6) is 0. The van der Waals surface area contributed by atoms with Gasteiger partial charge >= 0.3 is 0 Å². The first-order chi connectivity index (χ1) is 10.7. The fourth-order valence-electron chi connectivity index (χ4n) is 2.65.